The Balaban J connectivity index is 1.96. The average Bonchev–Trinajstić information content (AvgIpc) is 2.61. The Morgan fingerprint density at radius 2 is 1.76 bits per heavy atom. The largest absolute Gasteiger partial charge is 0.490 e. The molecular formula is C19H22ClNO4. The smallest absolute Gasteiger partial charge is 0.179 e. The molecule has 25 heavy (non-hydrogen) atoms. The van der Waals surface area contributed by atoms with Crippen LogP contribution in [0, 0.1) is 0 Å². The molecule has 134 valence electrons. The molecule has 0 saturated heterocycles. The summed E-state index contributed by atoms with van der Waals surface area (Å²) in [6.45, 7) is 5.15. The van der Waals surface area contributed by atoms with Crippen molar-refractivity contribution in [1.29, 1.82) is 0 Å². The van der Waals surface area contributed by atoms with E-state index in [1.807, 2.05) is 31.2 Å². The van der Waals surface area contributed by atoms with Crippen molar-refractivity contribution >= 4 is 17.8 Å². The van der Waals surface area contributed by atoms with Crippen LogP contribution in [0.15, 0.2) is 41.6 Å². The summed E-state index contributed by atoms with van der Waals surface area (Å²) in [5, 5.41) is 12.0. The highest BCUT2D eigenvalue weighted by atomic mass is 35.5. The topological polar surface area (TPSA) is 60.3 Å². The van der Waals surface area contributed by atoms with Crippen LogP contribution in [0.3, 0.4) is 0 Å². The van der Waals surface area contributed by atoms with Crippen LogP contribution in [-0.4, -0.2) is 31.2 Å². The molecule has 0 amide bonds. The fourth-order valence-corrected chi connectivity index (χ4v) is 2.53. The second-order valence-corrected chi connectivity index (χ2v) is 5.61. The van der Waals surface area contributed by atoms with E-state index in [1.165, 1.54) is 11.8 Å². The molecule has 6 heteroatoms. The lowest BCUT2D eigenvalue weighted by molar-refractivity contribution is 0.208. The lowest BCUT2D eigenvalue weighted by Crippen LogP contribution is -2.10. The summed E-state index contributed by atoms with van der Waals surface area (Å²) in [6.07, 6.45) is 2.28. The van der Waals surface area contributed by atoms with Crippen molar-refractivity contribution in [3.05, 3.63) is 52.5 Å². The Bertz CT molecular complexity index is 701. The molecule has 2 aromatic rings. The Hall–Kier alpha value is -2.40. The lowest BCUT2D eigenvalue weighted by Gasteiger charge is -2.14. The van der Waals surface area contributed by atoms with E-state index in [4.69, 9.17) is 31.0 Å². The zero-order chi connectivity index (χ0) is 18.1. The van der Waals surface area contributed by atoms with Crippen LogP contribution in [0.2, 0.25) is 5.02 Å². The number of rotatable bonds is 9. The number of halogens is 1. The van der Waals surface area contributed by atoms with Crippen molar-refractivity contribution in [2.24, 2.45) is 5.16 Å². The number of hydrogen-bond donors (Lipinski definition) is 1. The van der Waals surface area contributed by atoms with Gasteiger partial charge in [0.15, 0.2) is 11.5 Å². The van der Waals surface area contributed by atoms with Gasteiger partial charge < -0.3 is 19.4 Å². The van der Waals surface area contributed by atoms with E-state index in [2.05, 4.69) is 12.1 Å². The van der Waals surface area contributed by atoms with Crippen molar-refractivity contribution in [2.75, 3.05) is 19.8 Å². The summed E-state index contributed by atoms with van der Waals surface area (Å²) in [4.78, 5) is 0. The lowest BCUT2D eigenvalue weighted by atomic mass is 10.2. The van der Waals surface area contributed by atoms with E-state index in [1.54, 1.807) is 12.1 Å². The van der Waals surface area contributed by atoms with Gasteiger partial charge in [0.2, 0.25) is 0 Å². The molecule has 0 spiro atoms. The van der Waals surface area contributed by atoms with E-state index < -0.39 is 0 Å². The highest BCUT2D eigenvalue weighted by Gasteiger charge is 2.12. The molecule has 2 aromatic carbocycles. The van der Waals surface area contributed by atoms with E-state index in [9.17, 15) is 0 Å². The predicted molar refractivity (Wildman–Crippen MR) is 98.8 cm³/mol. The molecule has 1 N–H and O–H groups in total. The maximum atomic E-state index is 8.65. The predicted octanol–water partition coefficient (Wildman–Crippen LogP) is 4.57. The Morgan fingerprint density at radius 3 is 2.40 bits per heavy atom. The molecule has 0 heterocycles. The first-order chi connectivity index (χ1) is 12.2. The zero-order valence-corrected chi connectivity index (χ0v) is 15.1. The number of nitrogens with zero attached hydrogens (tertiary/aromatic N) is 1. The molecule has 0 aliphatic heterocycles. The van der Waals surface area contributed by atoms with Crippen LogP contribution in [0.1, 0.15) is 25.0 Å². The third-order valence-corrected chi connectivity index (χ3v) is 3.75. The van der Waals surface area contributed by atoms with E-state index in [0.717, 1.165) is 12.2 Å². The third-order valence-electron chi connectivity index (χ3n) is 3.47. The molecule has 0 fully saturated rings. The zero-order valence-electron chi connectivity index (χ0n) is 14.4. The van der Waals surface area contributed by atoms with Gasteiger partial charge in [-0.1, -0.05) is 35.8 Å². The molecule has 0 aromatic heterocycles. The van der Waals surface area contributed by atoms with Crippen LogP contribution in [0.5, 0.6) is 17.2 Å². The van der Waals surface area contributed by atoms with E-state index in [0.29, 0.717) is 41.9 Å². The summed E-state index contributed by atoms with van der Waals surface area (Å²) in [5.74, 6) is 1.74. The van der Waals surface area contributed by atoms with Gasteiger partial charge in [-0.05, 0) is 43.2 Å². The van der Waals surface area contributed by atoms with Gasteiger partial charge in [-0.25, -0.2) is 0 Å². The molecule has 5 nitrogen and oxygen atoms in total. The van der Waals surface area contributed by atoms with Crippen LogP contribution in [-0.2, 0) is 6.42 Å². The van der Waals surface area contributed by atoms with Gasteiger partial charge >= 0.3 is 0 Å². The Labute approximate surface area is 152 Å². The molecule has 0 bridgehead atoms. The molecule has 0 aliphatic rings. The quantitative estimate of drug-likeness (QED) is 0.307. The van der Waals surface area contributed by atoms with Crippen LogP contribution in [0.4, 0.5) is 0 Å². The van der Waals surface area contributed by atoms with Crippen molar-refractivity contribution < 1.29 is 19.4 Å². The van der Waals surface area contributed by atoms with Crippen LogP contribution in [0.25, 0.3) is 0 Å². The standard InChI is InChI=1S/C19H22ClNO4/c1-3-14-5-7-16(8-6-14)24-9-10-25-19-17(20)11-15(13-21-22)12-18(19)23-4-2/h5-8,11-13,22H,3-4,9-10H2,1-2H3. The maximum absolute atomic E-state index is 8.65. The van der Waals surface area contributed by atoms with Crippen molar-refractivity contribution in [2.45, 2.75) is 20.3 Å². The normalized spacial score (nSPS) is 10.8. The van der Waals surface area contributed by atoms with Crippen molar-refractivity contribution in [1.82, 2.24) is 0 Å². The van der Waals surface area contributed by atoms with Crippen LogP contribution < -0.4 is 14.2 Å². The van der Waals surface area contributed by atoms with Crippen molar-refractivity contribution in [3.8, 4) is 17.2 Å². The highest BCUT2D eigenvalue weighted by Crippen LogP contribution is 2.36. The second kappa shape index (κ2) is 9.79. The molecule has 2 rings (SSSR count). The minimum Gasteiger partial charge on any atom is -0.490 e. The summed E-state index contributed by atoms with van der Waals surface area (Å²) < 4.78 is 16.9. The highest BCUT2D eigenvalue weighted by molar-refractivity contribution is 6.32. The molecule has 0 saturated carbocycles. The second-order valence-electron chi connectivity index (χ2n) is 5.20. The number of hydrogen-bond acceptors (Lipinski definition) is 5. The first-order valence-electron chi connectivity index (χ1n) is 8.16. The third kappa shape index (κ3) is 5.57. The molecule has 0 unspecified atom stereocenters. The first-order valence-corrected chi connectivity index (χ1v) is 8.54. The van der Waals surface area contributed by atoms with Gasteiger partial charge in [-0.3, -0.25) is 0 Å². The Kier molecular flexibility index (Phi) is 7.41. The number of ether oxygens (including phenoxy) is 3. The van der Waals surface area contributed by atoms with Gasteiger partial charge in [-0.2, -0.15) is 0 Å². The summed E-state index contributed by atoms with van der Waals surface area (Å²) in [6, 6.07) is 11.3. The van der Waals surface area contributed by atoms with Crippen molar-refractivity contribution in [3.63, 3.8) is 0 Å². The number of aryl methyl sites for hydroxylation is 1. The average molecular weight is 364 g/mol. The van der Waals surface area contributed by atoms with Crippen LogP contribution >= 0.6 is 11.6 Å². The molecule has 0 aliphatic carbocycles. The minimum atomic E-state index is 0.322. The fraction of sp³-hybridized carbons (Fsp3) is 0.316. The number of oxime groups is 1. The fourth-order valence-electron chi connectivity index (χ4n) is 2.26. The SMILES string of the molecule is CCOc1cc(C=NO)cc(Cl)c1OCCOc1ccc(CC)cc1. The van der Waals surface area contributed by atoms with Gasteiger partial charge in [0.25, 0.3) is 0 Å². The van der Waals surface area contributed by atoms with Gasteiger partial charge in [0.1, 0.15) is 19.0 Å². The summed E-state index contributed by atoms with van der Waals surface area (Å²) in [5.41, 5.74) is 1.89. The number of benzene rings is 2. The van der Waals surface area contributed by atoms with Gasteiger partial charge in [0, 0.05) is 5.56 Å². The first kappa shape index (κ1) is 18.9. The van der Waals surface area contributed by atoms with E-state index >= 15 is 0 Å². The molecular weight excluding hydrogens is 342 g/mol. The molecule has 0 atom stereocenters. The Morgan fingerprint density at radius 1 is 1.04 bits per heavy atom. The van der Waals surface area contributed by atoms with Gasteiger partial charge in [0.05, 0.1) is 17.8 Å². The van der Waals surface area contributed by atoms with Gasteiger partial charge in [-0.15, -0.1) is 0 Å². The summed E-state index contributed by atoms with van der Waals surface area (Å²) >= 11 is 6.25. The summed E-state index contributed by atoms with van der Waals surface area (Å²) in [7, 11) is 0. The van der Waals surface area contributed by atoms with E-state index in [-0.39, 0.29) is 0 Å². The maximum Gasteiger partial charge on any atom is 0.179 e. The minimum absolute atomic E-state index is 0.322. The monoisotopic (exact) mass is 363 g/mol. The molecule has 0 radical (unpaired) electrons.